The van der Waals surface area contributed by atoms with Crippen LogP contribution in [-0.2, 0) is 14.3 Å². The second kappa shape index (κ2) is 46.6. The van der Waals surface area contributed by atoms with Crippen molar-refractivity contribution in [3.8, 4) is 0 Å². The molecule has 0 aliphatic carbocycles. The van der Waals surface area contributed by atoms with E-state index in [-0.39, 0.29) is 12.5 Å². The predicted molar refractivity (Wildman–Crippen MR) is 272 cm³/mol. The van der Waals surface area contributed by atoms with E-state index >= 15 is 0 Å². The highest BCUT2D eigenvalue weighted by Gasteiger charge is 2.44. The van der Waals surface area contributed by atoms with E-state index in [0.717, 1.165) is 38.5 Å². The van der Waals surface area contributed by atoms with Gasteiger partial charge in [0.15, 0.2) is 6.29 Å². The fraction of sp³-hybridized carbons (Fsp3) is 0.946. The van der Waals surface area contributed by atoms with Crippen molar-refractivity contribution in [3.63, 3.8) is 0 Å². The van der Waals surface area contributed by atoms with Gasteiger partial charge in [0.05, 0.1) is 25.4 Å². The van der Waals surface area contributed by atoms with E-state index < -0.39 is 49.5 Å². The lowest BCUT2D eigenvalue weighted by atomic mass is 9.99. The van der Waals surface area contributed by atoms with Gasteiger partial charge < -0.3 is 40.3 Å². The van der Waals surface area contributed by atoms with Crippen LogP contribution in [0.4, 0.5) is 0 Å². The summed E-state index contributed by atoms with van der Waals surface area (Å²) in [5.41, 5.74) is 0. The quantitative estimate of drug-likeness (QED) is 0.0261. The summed E-state index contributed by atoms with van der Waals surface area (Å²) in [6, 6.07) is -0.712. The van der Waals surface area contributed by atoms with Gasteiger partial charge in [0.25, 0.3) is 0 Å². The second-order valence-electron chi connectivity index (χ2n) is 20.1. The first-order valence-electron chi connectivity index (χ1n) is 28.4. The Kier molecular flexibility index (Phi) is 44.5. The molecule has 0 saturated carbocycles. The lowest BCUT2D eigenvalue weighted by molar-refractivity contribution is -0.302. The minimum Gasteiger partial charge on any atom is -0.394 e. The Bertz CT molecular complexity index is 1030. The number of nitrogens with one attached hydrogen (secondary N) is 1. The number of aliphatic hydroxyl groups is 5. The molecule has 7 atom stereocenters. The van der Waals surface area contributed by atoms with E-state index in [1.807, 2.05) is 0 Å². The molecular formula is C56H109NO8. The van der Waals surface area contributed by atoms with Crippen molar-refractivity contribution >= 4 is 5.91 Å². The van der Waals surface area contributed by atoms with Crippen molar-refractivity contribution in [1.29, 1.82) is 0 Å². The molecule has 1 aliphatic rings. The number of hydrogen-bond acceptors (Lipinski definition) is 8. The molecule has 0 spiro atoms. The summed E-state index contributed by atoms with van der Waals surface area (Å²) >= 11 is 0. The SMILES string of the molecule is CCCCCCCCCC/C=C\CCCCCCCCCCCCCCCCCCCCCCCC(=O)NC(COC1OC(CO)C(O)C(O)C1O)C(O)CCCCCCCCCCC. The van der Waals surface area contributed by atoms with Crippen LogP contribution in [0.1, 0.15) is 284 Å². The molecule has 9 heteroatoms. The molecule has 1 aliphatic heterocycles. The average molecular weight is 924 g/mol. The van der Waals surface area contributed by atoms with Crippen molar-refractivity contribution in [2.45, 2.75) is 326 Å². The van der Waals surface area contributed by atoms with Crippen LogP contribution in [-0.4, -0.2) is 87.5 Å². The van der Waals surface area contributed by atoms with Crippen LogP contribution in [0, 0.1) is 0 Å². The number of hydrogen-bond donors (Lipinski definition) is 6. The summed E-state index contributed by atoms with van der Waals surface area (Å²) in [5, 5.41) is 54.3. The topological polar surface area (TPSA) is 149 Å². The molecule has 0 aromatic carbocycles. The van der Waals surface area contributed by atoms with Gasteiger partial charge in [-0.15, -0.1) is 0 Å². The van der Waals surface area contributed by atoms with Crippen molar-refractivity contribution in [3.05, 3.63) is 12.2 Å². The van der Waals surface area contributed by atoms with E-state index in [0.29, 0.717) is 12.8 Å². The van der Waals surface area contributed by atoms with Crippen LogP contribution in [0.15, 0.2) is 12.2 Å². The molecule has 1 saturated heterocycles. The second-order valence-corrected chi connectivity index (χ2v) is 20.1. The summed E-state index contributed by atoms with van der Waals surface area (Å²) in [4.78, 5) is 13.0. The highest BCUT2D eigenvalue weighted by molar-refractivity contribution is 5.76. The summed E-state index contributed by atoms with van der Waals surface area (Å²) in [7, 11) is 0. The van der Waals surface area contributed by atoms with Crippen LogP contribution in [0.3, 0.4) is 0 Å². The highest BCUT2D eigenvalue weighted by Crippen LogP contribution is 2.23. The fourth-order valence-corrected chi connectivity index (χ4v) is 9.34. The Morgan fingerprint density at radius 1 is 0.508 bits per heavy atom. The third-order valence-electron chi connectivity index (χ3n) is 13.9. The zero-order chi connectivity index (χ0) is 47.3. The molecule has 6 N–H and O–H groups in total. The number of ether oxygens (including phenoxy) is 2. The van der Waals surface area contributed by atoms with Gasteiger partial charge in [-0.1, -0.05) is 251 Å². The Labute approximate surface area is 401 Å². The third kappa shape index (κ3) is 36.6. The van der Waals surface area contributed by atoms with Crippen LogP contribution in [0.25, 0.3) is 0 Å². The zero-order valence-corrected chi connectivity index (χ0v) is 42.8. The molecule has 1 fully saturated rings. The summed E-state index contributed by atoms with van der Waals surface area (Å²) < 4.78 is 11.3. The van der Waals surface area contributed by atoms with Crippen molar-refractivity contribution in [2.24, 2.45) is 0 Å². The Balaban J connectivity index is 2.03. The van der Waals surface area contributed by atoms with Crippen LogP contribution < -0.4 is 5.32 Å². The first-order chi connectivity index (χ1) is 31.8. The van der Waals surface area contributed by atoms with E-state index in [4.69, 9.17) is 9.47 Å². The van der Waals surface area contributed by atoms with Crippen molar-refractivity contribution in [1.82, 2.24) is 5.32 Å². The zero-order valence-electron chi connectivity index (χ0n) is 42.8. The average Bonchev–Trinajstić information content (AvgIpc) is 3.31. The van der Waals surface area contributed by atoms with Gasteiger partial charge in [-0.3, -0.25) is 4.79 Å². The number of aliphatic hydroxyl groups excluding tert-OH is 5. The molecule has 0 aromatic heterocycles. The highest BCUT2D eigenvalue weighted by atomic mass is 16.7. The van der Waals surface area contributed by atoms with Crippen molar-refractivity contribution < 1.29 is 39.8 Å². The number of unbranched alkanes of at least 4 members (excludes halogenated alkanes) is 37. The lowest BCUT2D eigenvalue weighted by Gasteiger charge is -2.40. The molecule has 65 heavy (non-hydrogen) atoms. The molecule has 7 unspecified atom stereocenters. The van der Waals surface area contributed by atoms with Crippen LogP contribution in [0.5, 0.6) is 0 Å². The number of amides is 1. The van der Waals surface area contributed by atoms with Gasteiger partial charge in [0.2, 0.25) is 5.91 Å². The maximum atomic E-state index is 13.0. The van der Waals surface area contributed by atoms with Gasteiger partial charge in [0.1, 0.15) is 24.4 Å². The Hall–Kier alpha value is -1.07. The number of rotatable bonds is 49. The molecule has 0 bridgehead atoms. The Morgan fingerprint density at radius 3 is 1.25 bits per heavy atom. The molecule has 1 heterocycles. The van der Waals surface area contributed by atoms with Crippen LogP contribution in [0.2, 0.25) is 0 Å². The standard InChI is InChI=1S/C56H109NO8/c1-3-5-7-9-11-13-14-15-16-17-18-19-20-21-22-23-24-25-26-27-28-29-30-31-32-33-34-35-36-38-40-42-44-46-52(60)57-49(50(59)45-43-41-39-37-12-10-8-6-4-2)48-64-56-55(63)54(62)53(61)51(47-58)65-56/h17-18,49-51,53-56,58-59,61-63H,3-16,19-48H2,1-2H3,(H,57,60)/b18-17-. The minimum absolute atomic E-state index is 0.133. The molecule has 386 valence electrons. The molecular weight excluding hydrogens is 815 g/mol. The molecule has 9 nitrogen and oxygen atoms in total. The van der Waals surface area contributed by atoms with Gasteiger partial charge in [-0.2, -0.15) is 0 Å². The normalized spacial score (nSPS) is 19.9. The maximum absolute atomic E-state index is 13.0. The van der Waals surface area contributed by atoms with Gasteiger partial charge in [-0.05, 0) is 38.5 Å². The van der Waals surface area contributed by atoms with Gasteiger partial charge in [0, 0.05) is 6.42 Å². The van der Waals surface area contributed by atoms with E-state index in [1.54, 1.807) is 0 Å². The number of allylic oxidation sites excluding steroid dienone is 2. The van der Waals surface area contributed by atoms with Gasteiger partial charge >= 0.3 is 0 Å². The molecule has 1 amide bonds. The fourth-order valence-electron chi connectivity index (χ4n) is 9.34. The first-order valence-corrected chi connectivity index (χ1v) is 28.4. The molecule has 1 rings (SSSR count). The largest absolute Gasteiger partial charge is 0.394 e. The van der Waals surface area contributed by atoms with Crippen LogP contribution >= 0.6 is 0 Å². The van der Waals surface area contributed by atoms with E-state index in [1.165, 1.54) is 218 Å². The lowest BCUT2D eigenvalue weighted by Crippen LogP contribution is -2.60. The number of carbonyl (C=O) groups excluding carboxylic acids is 1. The summed E-state index contributed by atoms with van der Waals surface area (Å²) in [5.74, 6) is -0.141. The predicted octanol–water partition coefficient (Wildman–Crippen LogP) is 13.6. The summed E-state index contributed by atoms with van der Waals surface area (Å²) in [6.07, 6.45) is 49.9. The third-order valence-corrected chi connectivity index (χ3v) is 13.9. The smallest absolute Gasteiger partial charge is 0.220 e. The monoisotopic (exact) mass is 924 g/mol. The maximum Gasteiger partial charge on any atom is 0.220 e. The first kappa shape index (κ1) is 61.9. The number of carbonyl (C=O) groups is 1. The summed E-state index contributed by atoms with van der Waals surface area (Å²) in [6.45, 7) is 3.83. The Morgan fingerprint density at radius 2 is 0.862 bits per heavy atom. The van der Waals surface area contributed by atoms with E-state index in [2.05, 4.69) is 31.3 Å². The van der Waals surface area contributed by atoms with E-state index in [9.17, 15) is 30.3 Å². The van der Waals surface area contributed by atoms with Gasteiger partial charge in [-0.25, -0.2) is 0 Å². The molecule has 0 aromatic rings. The molecule has 0 radical (unpaired) electrons. The van der Waals surface area contributed by atoms with Crippen molar-refractivity contribution in [2.75, 3.05) is 13.2 Å². The minimum atomic E-state index is -1.55.